The first-order valence-corrected chi connectivity index (χ1v) is 11.3. The van der Waals surface area contributed by atoms with Gasteiger partial charge >= 0.3 is 5.97 Å². The van der Waals surface area contributed by atoms with Crippen LogP contribution in [0.2, 0.25) is 0 Å². The van der Waals surface area contributed by atoms with Gasteiger partial charge in [-0.15, -0.1) is 0 Å². The normalized spacial score (nSPS) is 17.9. The number of amides is 1. The molecule has 3 aromatic rings. The summed E-state index contributed by atoms with van der Waals surface area (Å²) < 4.78 is 15.7. The van der Waals surface area contributed by atoms with Crippen LogP contribution < -0.4 is 14.4 Å². The molecule has 3 heterocycles. The van der Waals surface area contributed by atoms with Gasteiger partial charge in [0.1, 0.15) is 5.76 Å². The second kappa shape index (κ2) is 9.53. The quantitative estimate of drug-likeness (QED) is 0.244. The lowest BCUT2D eigenvalue weighted by Gasteiger charge is -2.25. The number of ketones is 1. The first-order chi connectivity index (χ1) is 17.5. The smallest absolute Gasteiger partial charge is 0.310 e. The van der Waals surface area contributed by atoms with E-state index in [1.54, 1.807) is 73.9 Å². The number of ether oxygens (including phenoxy) is 3. The maximum absolute atomic E-state index is 13.3. The highest BCUT2D eigenvalue weighted by atomic mass is 16.7. The minimum Gasteiger partial charge on any atom is -0.507 e. The summed E-state index contributed by atoms with van der Waals surface area (Å²) in [4.78, 5) is 43.8. The van der Waals surface area contributed by atoms with Gasteiger partial charge in [-0.25, -0.2) is 0 Å². The Balaban J connectivity index is 1.57. The van der Waals surface area contributed by atoms with E-state index in [4.69, 9.17) is 14.2 Å². The maximum atomic E-state index is 13.3. The molecule has 1 fully saturated rings. The number of hydrogen-bond acceptors (Lipinski definition) is 8. The number of aliphatic hydroxyl groups is 1. The monoisotopic (exact) mass is 486 g/mol. The van der Waals surface area contributed by atoms with Gasteiger partial charge in [0.2, 0.25) is 6.79 Å². The molecule has 5 rings (SSSR count). The highest BCUT2D eigenvalue weighted by molar-refractivity contribution is 6.51. The van der Waals surface area contributed by atoms with Crippen LogP contribution in [0.4, 0.5) is 5.69 Å². The van der Waals surface area contributed by atoms with Crippen LogP contribution in [0.5, 0.6) is 11.5 Å². The lowest BCUT2D eigenvalue weighted by atomic mass is 9.96. The molecule has 2 aliphatic heterocycles. The van der Waals surface area contributed by atoms with E-state index in [1.165, 1.54) is 4.90 Å². The van der Waals surface area contributed by atoms with Crippen molar-refractivity contribution in [1.82, 2.24) is 4.98 Å². The number of benzene rings is 2. The maximum Gasteiger partial charge on any atom is 0.310 e. The summed E-state index contributed by atoms with van der Waals surface area (Å²) in [5.41, 5.74) is 1.93. The molecular formula is C27H22N2O7. The van der Waals surface area contributed by atoms with E-state index in [-0.39, 0.29) is 37.1 Å². The molecule has 1 saturated heterocycles. The van der Waals surface area contributed by atoms with E-state index in [0.717, 1.165) is 0 Å². The SMILES string of the molecule is CCOC(=O)Cc1ccc(N2C(=O)C(=O)/C(=C(\O)c3ccc4c(c3)OCO4)C2c2cccnc2)cc1. The van der Waals surface area contributed by atoms with E-state index in [9.17, 15) is 19.5 Å². The molecule has 1 unspecified atom stereocenters. The summed E-state index contributed by atoms with van der Waals surface area (Å²) in [6, 6.07) is 14.0. The van der Waals surface area contributed by atoms with Crippen molar-refractivity contribution in [3.05, 3.63) is 89.3 Å². The summed E-state index contributed by atoms with van der Waals surface area (Å²) in [5, 5.41) is 11.2. The highest BCUT2D eigenvalue weighted by Gasteiger charge is 2.47. The van der Waals surface area contributed by atoms with Crippen molar-refractivity contribution in [3.8, 4) is 11.5 Å². The van der Waals surface area contributed by atoms with E-state index in [2.05, 4.69) is 4.98 Å². The molecule has 0 aliphatic carbocycles. The molecule has 182 valence electrons. The second-order valence-electron chi connectivity index (χ2n) is 8.17. The predicted molar refractivity (Wildman–Crippen MR) is 128 cm³/mol. The van der Waals surface area contributed by atoms with E-state index >= 15 is 0 Å². The largest absolute Gasteiger partial charge is 0.507 e. The fourth-order valence-corrected chi connectivity index (χ4v) is 4.30. The van der Waals surface area contributed by atoms with Gasteiger partial charge in [-0.3, -0.25) is 24.3 Å². The first-order valence-electron chi connectivity index (χ1n) is 11.3. The fraction of sp³-hybridized carbons (Fsp3) is 0.185. The zero-order valence-corrected chi connectivity index (χ0v) is 19.3. The topological polar surface area (TPSA) is 115 Å². The van der Waals surface area contributed by atoms with Crippen molar-refractivity contribution in [2.45, 2.75) is 19.4 Å². The van der Waals surface area contributed by atoms with Gasteiger partial charge in [-0.2, -0.15) is 0 Å². The van der Waals surface area contributed by atoms with Crippen LogP contribution in [0, 0.1) is 0 Å². The second-order valence-corrected chi connectivity index (χ2v) is 8.17. The van der Waals surface area contributed by atoms with Crippen LogP contribution in [0.1, 0.15) is 29.7 Å². The summed E-state index contributed by atoms with van der Waals surface area (Å²) in [5.74, 6) is -1.34. The molecule has 36 heavy (non-hydrogen) atoms. The summed E-state index contributed by atoms with van der Waals surface area (Å²) >= 11 is 0. The minimum atomic E-state index is -0.917. The lowest BCUT2D eigenvalue weighted by Crippen LogP contribution is -2.29. The number of nitrogens with zero attached hydrogens (tertiary/aromatic N) is 2. The molecule has 1 aromatic heterocycles. The molecule has 0 saturated carbocycles. The van der Waals surface area contributed by atoms with Crippen LogP contribution in [-0.4, -0.2) is 41.2 Å². The Morgan fingerprint density at radius 2 is 1.89 bits per heavy atom. The molecule has 0 spiro atoms. The van der Waals surface area contributed by atoms with Crippen molar-refractivity contribution >= 4 is 29.1 Å². The third-order valence-corrected chi connectivity index (χ3v) is 5.96. The molecule has 2 aromatic carbocycles. The average Bonchev–Trinajstić information content (AvgIpc) is 3.47. The summed E-state index contributed by atoms with van der Waals surface area (Å²) in [7, 11) is 0. The van der Waals surface area contributed by atoms with Gasteiger partial charge in [-0.05, 0) is 54.4 Å². The van der Waals surface area contributed by atoms with Gasteiger partial charge in [0.25, 0.3) is 11.7 Å². The zero-order chi connectivity index (χ0) is 25.2. The Kier molecular flexibility index (Phi) is 6.12. The summed E-state index contributed by atoms with van der Waals surface area (Å²) in [6.45, 7) is 2.08. The molecule has 1 atom stereocenters. The summed E-state index contributed by atoms with van der Waals surface area (Å²) in [6.07, 6.45) is 3.21. The number of fused-ring (bicyclic) bond motifs is 1. The lowest BCUT2D eigenvalue weighted by molar-refractivity contribution is -0.142. The van der Waals surface area contributed by atoms with Gasteiger partial charge in [0.05, 0.1) is 24.6 Å². The van der Waals surface area contributed by atoms with Crippen molar-refractivity contribution in [3.63, 3.8) is 0 Å². The Morgan fingerprint density at radius 3 is 2.61 bits per heavy atom. The van der Waals surface area contributed by atoms with Crippen molar-refractivity contribution < 1.29 is 33.7 Å². The van der Waals surface area contributed by atoms with Gasteiger partial charge in [-0.1, -0.05) is 18.2 Å². The number of rotatable bonds is 6. The number of aliphatic hydroxyl groups excluding tert-OH is 1. The van der Waals surface area contributed by atoms with Crippen molar-refractivity contribution in [2.75, 3.05) is 18.3 Å². The predicted octanol–water partition coefficient (Wildman–Crippen LogP) is 3.54. The fourth-order valence-electron chi connectivity index (χ4n) is 4.30. The Morgan fingerprint density at radius 1 is 1.11 bits per heavy atom. The van der Waals surface area contributed by atoms with Crippen LogP contribution in [-0.2, 0) is 25.5 Å². The number of pyridine rings is 1. The van der Waals surface area contributed by atoms with E-state index < -0.39 is 17.7 Å². The number of Topliss-reactive ketones (excluding diaryl/α,β-unsaturated/α-hetero) is 1. The number of carbonyl (C=O) groups is 3. The third kappa shape index (κ3) is 4.15. The number of aromatic nitrogens is 1. The number of esters is 1. The molecule has 9 heteroatoms. The molecule has 1 N–H and O–H groups in total. The Bertz CT molecular complexity index is 1370. The van der Waals surface area contributed by atoms with Crippen molar-refractivity contribution in [2.24, 2.45) is 0 Å². The van der Waals surface area contributed by atoms with Gasteiger partial charge in [0.15, 0.2) is 11.5 Å². The molecule has 1 amide bonds. The van der Waals surface area contributed by atoms with E-state index in [1.807, 2.05) is 0 Å². The van der Waals surface area contributed by atoms with Crippen molar-refractivity contribution in [1.29, 1.82) is 0 Å². The van der Waals surface area contributed by atoms with Gasteiger partial charge in [0, 0.05) is 23.6 Å². The molecule has 0 bridgehead atoms. The van der Waals surface area contributed by atoms with E-state index in [0.29, 0.717) is 33.9 Å². The third-order valence-electron chi connectivity index (χ3n) is 5.96. The number of hydrogen-bond donors (Lipinski definition) is 1. The van der Waals surface area contributed by atoms with Gasteiger partial charge < -0.3 is 19.3 Å². The van der Waals surface area contributed by atoms with Crippen LogP contribution in [0.15, 0.2) is 72.6 Å². The van der Waals surface area contributed by atoms with Crippen LogP contribution in [0.3, 0.4) is 0 Å². The molecule has 9 nitrogen and oxygen atoms in total. The average molecular weight is 486 g/mol. The molecule has 0 radical (unpaired) electrons. The number of carbonyl (C=O) groups excluding carboxylic acids is 3. The Hall–Kier alpha value is -4.66. The molecular weight excluding hydrogens is 464 g/mol. The minimum absolute atomic E-state index is 0.0613. The Labute approximate surface area is 206 Å². The standard InChI is InChI=1S/C27H22N2O7/c1-2-34-22(30)12-16-5-8-19(9-6-16)29-24(18-4-3-11-28-14-18)23(26(32)27(29)33)25(31)17-7-10-20-21(13-17)36-15-35-20/h3-11,13-14,24,31H,2,12,15H2,1H3/b25-23-. The zero-order valence-electron chi connectivity index (χ0n) is 19.3. The first kappa shape index (κ1) is 23.1. The van der Waals surface area contributed by atoms with Crippen LogP contribution >= 0.6 is 0 Å². The highest BCUT2D eigenvalue weighted by Crippen LogP contribution is 2.43. The molecule has 2 aliphatic rings. The number of anilines is 1. The van der Waals surface area contributed by atoms with Crippen LogP contribution in [0.25, 0.3) is 5.76 Å².